The van der Waals surface area contributed by atoms with Crippen molar-refractivity contribution in [2.24, 2.45) is 5.10 Å². The third-order valence-electron chi connectivity index (χ3n) is 5.01. The fraction of sp³-hybridized carbons (Fsp3) is 0.150. The summed E-state index contributed by atoms with van der Waals surface area (Å²) >= 11 is 13.8. The minimum atomic E-state index is -0.609. The number of fused-ring (bicyclic) bond motifs is 3. The standard InChI is InChI=1S/C20H13Cl2N3O3S/c21-12-4-6-18-13(9-12)16-10-15(19-2-1-7-29-19)23-24(16)20(28-18)11-3-5-14(22)17(8-11)25(26)27/h1-9,16,20H,10H2. The van der Waals surface area contributed by atoms with Gasteiger partial charge in [-0.1, -0.05) is 35.3 Å². The minimum Gasteiger partial charge on any atom is -0.464 e. The van der Waals surface area contributed by atoms with Crippen LogP contribution in [0.4, 0.5) is 5.69 Å². The Morgan fingerprint density at radius 2 is 2.07 bits per heavy atom. The van der Waals surface area contributed by atoms with Crippen molar-refractivity contribution in [1.82, 2.24) is 5.01 Å². The minimum absolute atomic E-state index is 0.0747. The molecule has 0 spiro atoms. The van der Waals surface area contributed by atoms with Crippen LogP contribution in [0, 0.1) is 10.1 Å². The van der Waals surface area contributed by atoms with Crippen molar-refractivity contribution in [3.63, 3.8) is 0 Å². The number of hydrazone groups is 1. The lowest BCUT2D eigenvalue weighted by Gasteiger charge is -2.38. The van der Waals surface area contributed by atoms with Gasteiger partial charge in [-0.25, -0.2) is 5.01 Å². The van der Waals surface area contributed by atoms with E-state index in [1.165, 1.54) is 12.1 Å². The highest BCUT2D eigenvalue weighted by atomic mass is 35.5. The SMILES string of the molecule is O=[N+]([O-])c1cc(C2Oc3ccc(Cl)cc3C3CC(c4cccs4)=NN32)ccc1Cl. The zero-order chi connectivity index (χ0) is 20.1. The maximum atomic E-state index is 11.4. The number of hydrogen-bond donors (Lipinski definition) is 0. The van der Waals surface area contributed by atoms with Crippen molar-refractivity contribution < 1.29 is 9.66 Å². The molecule has 6 nitrogen and oxygen atoms in total. The molecule has 0 aliphatic carbocycles. The van der Waals surface area contributed by atoms with Crippen LogP contribution in [-0.2, 0) is 0 Å². The Morgan fingerprint density at radius 3 is 2.83 bits per heavy atom. The van der Waals surface area contributed by atoms with Crippen LogP contribution in [-0.4, -0.2) is 15.6 Å². The lowest BCUT2D eigenvalue weighted by atomic mass is 9.97. The second kappa shape index (κ2) is 7.02. The molecule has 0 saturated carbocycles. The molecular formula is C20H13Cl2N3O3S. The monoisotopic (exact) mass is 445 g/mol. The Kier molecular flexibility index (Phi) is 4.46. The molecule has 3 aromatic rings. The summed E-state index contributed by atoms with van der Waals surface area (Å²) in [5.74, 6) is 0.695. The lowest BCUT2D eigenvalue weighted by Crippen LogP contribution is -2.33. The van der Waals surface area contributed by atoms with Crippen molar-refractivity contribution in [2.45, 2.75) is 18.7 Å². The Morgan fingerprint density at radius 1 is 1.21 bits per heavy atom. The molecule has 0 bridgehead atoms. The number of nitro benzene ring substituents is 1. The summed E-state index contributed by atoms with van der Waals surface area (Å²) in [6, 6.07) is 14.1. The van der Waals surface area contributed by atoms with E-state index in [9.17, 15) is 10.1 Å². The second-order valence-electron chi connectivity index (χ2n) is 6.74. The number of nitrogens with zero attached hydrogens (tertiary/aromatic N) is 3. The number of halogens is 2. The van der Waals surface area contributed by atoms with E-state index < -0.39 is 11.2 Å². The molecule has 9 heteroatoms. The first-order chi connectivity index (χ1) is 14.0. The Bertz CT molecular complexity index is 1150. The van der Waals surface area contributed by atoms with Gasteiger partial charge >= 0.3 is 0 Å². The smallest absolute Gasteiger partial charge is 0.288 e. The predicted molar refractivity (Wildman–Crippen MR) is 113 cm³/mol. The average Bonchev–Trinajstić information content (AvgIpc) is 3.37. The number of ether oxygens (including phenoxy) is 1. The number of rotatable bonds is 3. The van der Waals surface area contributed by atoms with Gasteiger partial charge in [-0.3, -0.25) is 10.1 Å². The van der Waals surface area contributed by atoms with Crippen molar-refractivity contribution in [3.05, 3.63) is 90.1 Å². The van der Waals surface area contributed by atoms with Gasteiger partial charge in [-0.2, -0.15) is 5.10 Å². The molecule has 2 aromatic carbocycles. The van der Waals surface area contributed by atoms with Crippen molar-refractivity contribution >= 4 is 45.9 Å². The van der Waals surface area contributed by atoms with Crippen molar-refractivity contribution in [3.8, 4) is 5.75 Å². The Balaban J connectivity index is 1.63. The molecule has 2 atom stereocenters. The van der Waals surface area contributed by atoms with Crippen LogP contribution in [0.1, 0.15) is 34.7 Å². The van der Waals surface area contributed by atoms with Gasteiger partial charge in [0.25, 0.3) is 5.69 Å². The molecule has 2 aliphatic rings. The molecule has 0 N–H and O–H groups in total. The molecule has 2 aliphatic heterocycles. The third-order valence-corrected chi connectivity index (χ3v) is 6.48. The number of benzene rings is 2. The van der Waals surface area contributed by atoms with E-state index in [-0.39, 0.29) is 16.8 Å². The highest BCUT2D eigenvalue weighted by molar-refractivity contribution is 7.12. The van der Waals surface area contributed by atoms with Gasteiger partial charge in [0.05, 0.1) is 21.6 Å². The highest BCUT2D eigenvalue weighted by Crippen LogP contribution is 2.49. The molecule has 0 saturated heterocycles. The first kappa shape index (κ1) is 18.4. The van der Waals surface area contributed by atoms with E-state index in [1.54, 1.807) is 23.5 Å². The van der Waals surface area contributed by atoms with Crippen LogP contribution in [0.3, 0.4) is 0 Å². The van der Waals surface area contributed by atoms with Crippen LogP contribution < -0.4 is 4.74 Å². The van der Waals surface area contributed by atoms with Gasteiger partial charge in [0, 0.05) is 28.6 Å². The van der Waals surface area contributed by atoms with Crippen LogP contribution in [0.2, 0.25) is 10.0 Å². The molecule has 2 unspecified atom stereocenters. The molecule has 3 heterocycles. The number of thiophene rings is 1. The van der Waals surface area contributed by atoms with Crippen molar-refractivity contribution in [1.29, 1.82) is 0 Å². The normalized spacial score (nSPS) is 19.9. The second-order valence-corrected chi connectivity index (χ2v) is 8.54. The molecular weight excluding hydrogens is 433 g/mol. The van der Waals surface area contributed by atoms with Crippen LogP contribution in [0.25, 0.3) is 0 Å². The molecule has 1 aromatic heterocycles. The highest BCUT2D eigenvalue weighted by Gasteiger charge is 2.41. The van der Waals surface area contributed by atoms with Gasteiger partial charge in [0.2, 0.25) is 6.23 Å². The van der Waals surface area contributed by atoms with Gasteiger partial charge in [-0.15, -0.1) is 11.3 Å². The topological polar surface area (TPSA) is 68.0 Å². The first-order valence-electron chi connectivity index (χ1n) is 8.81. The number of hydrogen-bond acceptors (Lipinski definition) is 6. The van der Waals surface area contributed by atoms with E-state index >= 15 is 0 Å². The maximum absolute atomic E-state index is 11.4. The average molecular weight is 446 g/mol. The van der Waals surface area contributed by atoms with E-state index in [2.05, 4.69) is 0 Å². The lowest BCUT2D eigenvalue weighted by molar-refractivity contribution is -0.384. The molecule has 146 valence electrons. The summed E-state index contributed by atoms with van der Waals surface area (Å²) in [5, 5.41) is 20.8. The molecule has 0 fully saturated rings. The summed E-state index contributed by atoms with van der Waals surface area (Å²) in [6.07, 6.45) is 0.0887. The summed E-state index contributed by atoms with van der Waals surface area (Å²) in [5.41, 5.74) is 2.36. The Hall–Kier alpha value is -2.61. The summed E-state index contributed by atoms with van der Waals surface area (Å²) < 4.78 is 6.23. The number of nitro groups is 1. The van der Waals surface area contributed by atoms with Gasteiger partial charge < -0.3 is 4.74 Å². The quantitative estimate of drug-likeness (QED) is 0.355. The molecule has 0 amide bonds. The van der Waals surface area contributed by atoms with E-state index in [0.29, 0.717) is 22.8 Å². The molecule has 29 heavy (non-hydrogen) atoms. The van der Waals surface area contributed by atoms with Gasteiger partial charge in [0.15, 0.2) is 0 Å². The summed E-state index contributed by atoms with van der Waals surface area (Å²) in [7, 11) is 0. The van der Waals surface area contributed by atoms with Crippen LogP contribution >= 0.6 is 34.5 Å². The Labute approximate surface area is 180 Å². The summed E-state index contributed by atoms with van der Waals surface area (Å²) in [6.45, 7) is 0. The molecule has 0 radical (unpaired) electrons. The van der Waals surface area contributed by atoms with Crippen LogP contribution in [0.15, 0.2) is 59.0 Å². The van der Waals surface area contributed by atoms with E-state index in [4.69, 9.17) is 33.0 Å². The summed E-state index contributed by atoms with van der Waals surface area (Å²) in [4.78, 5) is 11.9. The van der Waals surface area contributed by atoms with E-state index in [1.807, 2.05) is 34.7 Å². The first-order valence-corrected chi connectivity index (χ1v) is 10.4. The fourth-order valence-electron chi connectivity index (χ4n) is 3.69. The zero-order valence-corrected chi connectivity index (χ0v) is 17.1. The van der Waals surface area contributed by atoms with Crippen LogP contribution in [0.5, 0.6) is 5.75 Å². The largest absolute Gasteiger partial charge is 0.464 e. The van der Waals surface area contributed by atoms with Gasteiger partial charge in [-0.05, 0) is 35.7 Å². The van der Waals surface area contributed by atoms with Gasteiger partial charge in [0.1, 0.15) is 10.8 Å². The zero-order valence-electron chi connectivity index (χ0n) is 14.8. The third kappa shape index (κ3) is 3.15. The maximum Gasteiger partial charge on any atom is 0.288 e. The predicted octanol–water partition coefficient (Wildman–Crippen LogP) is 6.21. The van der Waals surface area contributed by atoms with E-state index in [0.717, 1.165) is 16.2 Å². The van der Waals surface area contributed by atoms with Crippen molar-refractivity contribution in [2.75, 3.05) is 0 Å². The molecule has 5 rings (SSSR count). The fourth-order valence-corrected chi connectivity index (χ4v) is 4.78.